The maximum atomic E-state index is 10.5. The molecule has 0 aliphatic rings. The standard InChI is InChI=1S/C19H23NO2/c1-13-10-14(18(21)17(11-13)19(2,3)4)12-20-15-6-8-16(22-5)9-7-15/h6-12,21H,1-5H3. The van der Waals surface area contributed by atoms with E-state index in [2.05, 4.69) is 25.8 Å². The number of benzene rings is 2. The number of phenolic OH excluding ortho intramolecular Hbond substituents is 1. The second-order valence-electron chi connectivity index (χ2n) is 6.46. The Labute approximate surface area is 132 Å². The Bertz CT molecular complexity index is 680. The number of aliphatic imine (C=N–C) groups is 1. The largest absolute Gasteiger partial charge is 0.507 e. The van der Waals surface area contributed by atoms with Crippen LogP contribution in [-0.2, 0) is 5.41 Å². The lowest BCUT2D eigenvalue weighted by Gasteiger charge is -2.22. The van der Waals surface area contributed by atoms with Crippen LogP contribution < -0.4 is 4.74 Å². The first-order valence-electron chi connectivity index (χ1n) is 7.33. The summed E-state index contributed by atoms with van der Waals surface area (Å²) in [5, 5.41) is 10.5. The smallest absolute Gasteiger partial charge is 0.128 e. The summed E-state index contributed by atoms with van der Waals surface area (Å²) in [5.74, 6) is 1.10. The van der Waals surface area contributed by atoms with Crippen molar-refractivity contribution in [3.63, 3.8) is 0 Å². The molecule has 0 spiro atoms. The highest BCUT2D eigenvalue weighted by molar-refractivity contribution is 5.86. The third-order valence-corrected chi connectivity index (χ3v) is 3.52. The lowest BCUT2D eigenvalue weighted by Crippen LogP contribution is -2.12. The van der Waals surface area contributed by atoms with Crippen LogP contribution in [0.5, 0.6) is 11.5 Å². The molecule has 0 bridgehead atoms. The van der Waals surface area contributed by atoms with Crippen LogP contribution in [0.4, 0.5) is 5.69 Å². The van der Waals surface area contributed by atoms with E-state index in [-0.39, 0.29) is 5.41 Å². The van der Waals surface area contributed by atoms with Gasteiger partial charge in [-0.3, -0.25) is 4.99 Å². The monoisotopic (exact) mass is 297 g/mol. The summed E-state index contributed by atoms with van der Waals surface area (Å²) < 4.78 is 5.13. The van der Waals surface area contributed by atoms with Gasteiger partial charge in [0.2, 0.25) is 0 Å². The van der Waals surface area contributed by atoms with E-state index in [1.807, 2.05) is 43.3 Å². The molecule has 0 atom stereocenters. The van der Waals surface area contributed by atoms with Gasteiger partial charge in [-0.05, 0) is 48.2 Å². The van der Waals surface area contributed by atoms with Crippen LogP contribution in [0.2, 0.25) is 0 Å². The first kappa shape index (κ1) is 16.1. The van der Waals surface area contributed by atoms with E-state index in [9.17, 15) is 5.11 Å². The molecule has 2 aromatic rings. The van der Waals surface area contributed by atoms with Gasteiger partial charge in [-0.1, -0.05) is 26.8 Å². The maximum Gasteiger partial charge on any atom is 0.128 e. The average Bonchev–Trinajstić information content (AvgIpc) is 2.47. The number of aromatic hydroxyl groups is 1. The highest BCUT2D eigenvalue weighted by Gasteiger charge is 2.20. The molecule has 3 nitrogen and oxygen atoms in total. The van der Waals surface area contributed by atoms with Gasteiger partial charge >= 0.3 is 0 Å². The molecule has 0 fully saturated rings. The molecule has 2 rings (SSSR count). The summed E-state index contributed by atoms with van der Waals surface area (Å²) in [4.78, 5) is 4.44. The summed E-state index contributed by atoms with van der Waals surface area (Å²) in [6.07, 6.45) is 1.71. The molecular weight excluding hydrogens is 274 g/mol. The fraction of sp³-hybridized carbons (Fsp3) is 0.316. The van der Waals surface area contributed by atoms with Gasteiger partial charge in [0.05, 0.1) is 12.8 Å². The number of hydrogen-bond donors (Lipinski definition) is 1. The number of ether oxygens (including phenoxy) is 1. The third-order valence-electron chi connectivity index (χ3n) is 3.52. The van der Waals surface area contributed by atoms with Crippen molar-refractivity contribution in [3.05, 3.63) is 53.1 Å². The summed E-state index contributed by atoms with van der Waals surface area (Å²) >= 11 is 0. The number of phenols is 1. The number of aryl methyl sites for hydroxylation is 1. The van der Waals surface area contributed by atoms with Crippen molar-refractivity contribution in [2.24, 2.45) is 4.99 Å². The fourth-order valence-electron chi connectivity index (χ4n) is 2.29. The molecule has 116 valence electrons. The molecule has 0 radical (unpaired) electrons. The highest BCUT2D eigenvalue weighted by atomic mass is 16.5. The summed E-state index contributed by atoms with van der Waals surface area (Å²) in [6.45, 7) is 8.29. The van der Waals surface area contributed by atoms with Crippen LogP contribution in [-0.4, -0.2) is 18.4 Å². The minimum atomic E-state index is -0.112. The van der Waals surface area contributed by atoms with Crippen LogP contribution in [0.3, 0.4) is 0 Å². The second-order valence-corrected chi connectivity index (χ2v) is 6.46. The number of methoxy groups -OCH3 is 1. The van der Waals surface area contributed by atoms with Crippen molar-refractivity contribution in [2.45, 2.75) is 33.1 Å². The van der Waals surface area contributed by atoms with Crippen molar-refractivity contribution >= 4 is 11.9 Å². The Hall–Kier alpha value is -2.29. The molecule has 0 heterocycles. The van der Waals surface area contributed by atoms with Crippen LogP contribution >= 0.6 is 0 Å². The van der Waals surface area contributed by atoms with Crippen molar-refractivity contribution in [2.75, 3.05) is 7.11 Å². The number of hydrogen-bond acceptors (Lipinski definition) is 3. The molecule has 2 aromatic carbocycles. The zero-order chi connectivity index (χ0) is 16.3. The van der Waals surface area contributed by atoms with E-state index < -0.39 is 0 Å². The summed E-state index contributed by atoms with van der Waals surface area (Å²) in [6, 6.07) is 11.5. The molecule has 0 saturated heterocycles. The predicted octanol–water partition coefficient (Wildman–Crippen LogP) is 4.76. The zero-order valence-corrected chi connectivity index (χ0v) is 13.8. The van der Waals surface area contributed by atoms with E-state index in [1.165, 1.54) is 0 Å². The SMILES string of the molecule is COc1ccc(N=Cc2cc(C)cc(C(C)(C)C)c2O)cc1. The van der Waals surface area contributed by atoms with Crippen molar-refractivity contribution in [3.8, 4) is 11.5 Å². The predicted molar refractivity (Wildman–Crippen MR) is 91.8 cm³/mol. The van der Waals surface area contributed by atoms with Gasteiger partial charge in [0.1, 0.15) is 11.5 Å². The van der Waals surface area contributed by atoms with E-state index in [1.54, 1.807) is 13.3 Å². The van der Waals surface area contributed by atoms with Gasteiger partial charge in [-0.25, -0.2) is 0 Å². The molecule has 3 heteroatoms. The molecule has 0 saturated carbocycles. The minimum absolute atomic E-state index is 0.112. The average molecular weight is 297 g/mol. The minimum Gasteiger partial charge on any atom is -0.507 e. The van der Waals surface area contributed by atoms with Crippen LogP contribution in [0.25, 0.3) is 0 Å². The van der Waals surface area contributed by atoms with E-state index in [4.69, 9.17) is 4.74 Å². The second kappa shape index (κ2) is 6.22. The third kappa shape index (κ3) is 3.67. The molecule has 1 N–H and O–H groups in total. The maximum absolute atomic E-state index is 10.5. The molecule has 0 aliphatic heterocycles. The van der Waals surface area contributed by atoms with Gasteiger partial charge in [-0.15, -0.1) is 0 Å². The summed E-state index contributed by atoms with van der Waals surface area (Å²) in [5.41, 5.74) is 3.49. The Kier molecular flexibility index (Phi) is 4.55. The molecule has 0 amide bonds. The van der Waals surface area contributed by atoms with Crippen LogP contribution in [0.15, 0.2) is 41.4 Å². The molecule has 0 aromatic heterocycles. The Morgan fingerprint density at radius 3 is 2.27 bits per heavy atom. The fourth-order valence-corrected chi connectivity index (χ4v) is 2.29. The molecule has 0 unspecified atom stereocenters. The number of nitrogens with zero attached hydrogens (tertiary/aromatic N) is 1. The zero-order valence-electron chi connectivity index (χ0n) is 13.8. The van der Waals surface area contributed by atoms with Crippen LogP contribution in [0, 0.1) is 6.92 Å². The van der Waals surface area contributed by atoms with Gasteiger partial charge in [0, 0.05) is 17.3 Å². The first-order valence-corrected chi connectivity index (χ1v) is 7.33. The van der Waals surface area contributed by atoms with E-state index >= 15 is 0 Å². The molecular formula is C19H23NO2. The molecule has 22 heavy (non-hydrogen) atoms. The Balaban J connectivity index is 2.36. The van der Waals surface area contributed by atoms with Crippen LogP contribution in [0.1, 0.15) is 37.5 Å². The first-order chi connectivity index (χ1) is 10.3. The van der Waals surface area contributed by atoms with E-state index in [0.29, 0.717) is 5.75 Å². The molecule has 0 aliphatic carbocycles. The van der Waals surface area contributed by atoms with E-state index in [0.717, 1.165) is 28.1 Å². The lowest BCUT2D eigenvalue weighted by molar-refractivity contribution is 0.415. The van der Waals surface area contributed by atoms with Crippen molar-refractivity contribution in [1.82, 2.24) is 0 Å². The van der Waals surface area contributed by atoms with Gasteiger partial charge in [-0.2, -0.15) is 0 Å². The van der Waals surface area contributed by atoms with Crippen molar-refractivity contribution in [1.29, 1.82) is 0 Å². The topological polar surface area (TPSA) is 41.8 Å². The number of rotatable bonds is 3. The Morgan fingerprint density at radius 2 is 1.73 bits per heavy atom. The summed E-state index contributed by atoms with van der Waals surface area (Å²) in [7, 11) is 1.64. The normalized spacial score (nSPS) is 11.9. The van der Waals surface area contributed by atoms with Gasteiger partial charge < -0.3 is 9.84 Å². The van der Waals surface area contributed by atoms with Gasteiger partial charge in [0.25, 0.3) is 0 Å². The highest BCUT2D eigenvalue weighted by Crippen LogP contribution is 2.33. The lowest BCUT2D eigenvalue weighted by atomic mass is 9.84. The van der Waals surface area contributed by atoms with Crippen molar-refractivity contribution < 1.29 is 9.84 Å². The van der Waals surface area contributed by atoms with Gasteiger partial charge in [0.15, 0.2) is 0 Å². The quantitative estimate of drug-likeness (QED) is 0.830. The Morgan fingerprint density at radius 1 is 1.09 bits per heavy atom.